The molecule has 1 saturated carbocycles. The molecule has 0 unspecified atom stereocenters. The zero-order valence-electron chi connectivity index (χ0n) is 13.3. The molecule has 5 nitrogen and oxygen atoms in total. The monoisotopic (exact) mass is 313 g/mol. The van der Waals surface area contributed by atoms with Gasteiger partial charge in [0, 0.05) is 18.2 Å². The van der Waals surface area contributed by atoms with Crippen LogP contribution >= 0.6 is 0 Å². The Morgan fingerprint density at radius 3 is 2.78 bits per heavy atom. The molecule has 2 heterocycles. The Morgan fingerprint density at radius 1 is 1.13 bits per heavy atom. The Balaban J connectivity index is 1.54. The standard InChI is InChI=1S/C18H23N3O2/c22-17(19-13-5-2-1-3-6-13)12-8-9-15-14(11-12)20-18(23)16-7-4-10-21(15)16/h8-9,11,13,16H,1-7,10H2,(H,19,22)(H,20,23)/t16-/m1/s1. The lowest BCUT2D eigenvalue weighted by Gasteiger charge is -2.33. The second-order valence-electron chi connectivity index (χ2n) is 6.88. The van der Waals surface area contributed by atoms with Gasteiger partial charge in [-0.1, -0.05) is 19.3 Å². The van der Waals surface area contributed by atoms with Crippen LogP contribution in [-0.2, 0) is 4.79 Å². The lowest BCUT2D eigenvalue weighted by Crippen LogP contribution is -2.44. The second kappa shape index (κ2) is 5.87. The van der Waals surface area contributed by atoms with Crippen molar-refractivity contribution in [2.45, 2.75) is 57.0 Å². The number of hydrogen-bond acceptors (Lipinski definition) is 3. The number of carbonyl (C=O) groups excluding carboxylic acids is 2. The third kappa shape index (κ3) is 2.69. The smallest absolute Gasteiger partial charge is 0.251 e. The summed E-state index contributed by atoms with van der Waals surface area (Å²) in [6, 6.07) is 5.93. The van der Waals surface area contributed by atoms with E-state index in [9.17, 15) is 9.59 Å². The summed E-state index contributed by atoms with van der Waals surface area (Å²) in [7, 11) is 0. The van der Waals surface area contributed by atoms with Crippen LogP contribution in [0.4, 0.5) is 11.4 Å². The minimum Gasteiger partial charge on any atom is -0.358 e. The van der Waals surface area contributed by atoms with E-state index in [4.69, 9.17) is 0 Å². The second-order valence-corrected chi connectivity index (χ2v) is 6.88. The molecule has 5 heteroatoms. The number of nitrogens with one attached hydrogen (secondary N) is 2. The number of nitrogens with zero attached hydrogens (tertiary/aromatic N) is 1. The third-order valence-electron chi connectivity index (χ3n) is 5.32. The summed E-state index contributed by atoms with van der Waals surface area (Å²) in [4.78, 5) is 26.8. The first-order chi connectivity index (χ1) is 11.2. The quantitative estimate of drug-likeness (QED) is 0.882. The molecule has 23 heavy (non-hydrogen) atoms. The Labute approximate surface area is 136 Å². The molecule has 1 atom stereocenters. The maximum absolute atomic E-state index is 12.5. The molecule has 1 saturated heterocycles. The van der Waals surface area contributed by atoms with Gasteiger partial charge in [0.15, 0.2) is 0 Å². The van der Waals surface area contributed by atoms with Gasteiger partial charge >= 0.3 is 0 Å². The first-order valence-electron chi connectivity index (χ1n) is 8.75. The van der Waals surface area contributed by atoms with Gasteiger partial charge in [0.1, 0.15) is 6.04 Å². The summed E-state index contributed by atoms with van der Waals surface area (Å²) in [6.07, 6.45) is 7.76. The van der Waals surface area contributed by atoms with Crippen molar-refractivity contribution in [1.29, 1.82) is 0 Å². The summed E-state index contributed by atoms with van der Waals surface area (Å²) in [5.41, 5.74) is 2.44. The van der Waals surface area contributed by atoms with Gasteiger partial charge in [-0.05, 0) is 43.9 Å². The van der Waals surface area contributed by atoms with E-state index in [1.165, 1.54) is 19.3 Å². The van der Waals surface area contributed by atoms with Crippen LogP contribution in [0, 0.1) is 0 Å². The molecule has 0 radical (unpaired) electrons. The van der Waals surface area contributed by atoms with Crippen molar-refractivity contribution < 1.29 is 9.59 Å². The van der Waals surface area contributed by atoms with Crippen molar-refractivity contribution in [2.24, 2.45) is 0 Å². The highest BCUT2D eigenvalue weighted by Gasteiger charge is 2.36. The van der Waals surface area contributed by atoms with E-state index >= 15 is 0 Å². The van der Waals surface area contributed by atoms with Crippen LogP contribution in [0.2, 0.25) is 0 Å². The van der Waals surface area contributed by atoms with Gasteiger partial charge in [-0.15, -0.1) is 0 Å². The third-order valence-corrected chi connectivity index (χ3v) is 5.32. The molecule has 0 spiro atoms. The maximum Gasteiger partial charge on any atom is 0.251 e. The zero-order chi connectivity index (χ0) is 15.8. The van der Waals surface area contributed by atoms with Crippen LogP contribution < -0.4 is 15.5 Å². The molecule has 1 aliphatic carbocycles. The van der Waals surface area contributed by atoms with E-state index < -0.39 is 0 Å². The highest BCUT2D eigenvalue weighted by molar-refractivity contribution is 6.06. The Morgan fingerprint density at radius 2 is 1.96 bits per heavy atom. The van der Waals surface area contributed by atoms with Gasteiger partial charge in [-0.2, -0.15) is 0 Å². The van der Waals surface area contributed by atoms with E-state index in [0.717, 1.165) is 43.6 Å². The van der Waals surface area contributed by atoms with Gasteiger partial charge in [0.2, 0.25) is 5.91 Å². The average Bonchev–Trinajstić information content (AvgIpc) is 3.06. The fraction of sp³-hybridized carbons (Fsp3) is 0.556. The van der Waals surface area contributed by atoms with E-state index in [1.54, 1.807) is 0 Å². The lowest BCUT2D eigenvalue weighted by molar-refractivity contribution is -0.117. The van der Waals surface area contributed by atoms with Crippen LogP contribution in [0.15, 0.2) is 18.2 Å². The summed E-state index contributed by atoms with van der Waals surface area (Å²) < 4.78 is 0. The largest absolute Gasteiger partial charge is 0.358 e. The topological polar surface area (TPSA) is 61.4 Å². The van der Waals surface area contributed by atoms with E-state index in [0.29, 0.717) is 11.6 Å². The Hall–Kier alpha value is -2.04. The molecule has 1 aromatic carbocycles. The first-order valence-corrected chi connectivity index (χ1v) is 8.75. The van der Waals surface area contributed by atoms with Crippen LogP contribution in [0.5, 0.6) is 0 Å². The Bertz CT molecular complexity index is 637. The highest BCUT2D eigenvalue weighted by atomic mass is 16.2. The number of fused-ring (bicyclic) bond motifs is 3. The zero-order valence-corrected chi connectivity index (χ0v) is 13.3. The molecule has 0 bridgehead atoms. The first kappa shape index (κ1) is 14.5. The van der Waals surface area contributed by atoms with E-state index in [-0.39, 0.29) is 17.9 Å². The molecule has 3 aliphatic rings. The Kier molecular flexibility index (Phi) is 3.71. The van der Waals surface area contributed by atoms with Crippen LogP contribution in [0.25, 0.3) is 0 Å². The fourth-order valence-corrected chi connectivity index (χ4v) is 4.09. The average molecular weight is 313 g/mol. The van der Waals surface area contributed by atoms with Crippen molar-refractivity contribution in [3.05, 3.63) is 23.8 Å². The summed E-state index contributed by atoms with van der Waals surface area (Å²) in [5.74, 6) is 0.0253. The maximum atomic E-state index is 12.5. The van der Waals surface area contributed by atoms with E-state index in [1.807, 2.05) is 18.2 Å². The van der Waals surface area contributed by atoms with Crippen molar-refractivity contribution in [2.75, 3.05) is 16.8 Å². The van der Waals surface area contributed by atoms with Crippen LogP contribution in [0.3, 0.4) is 0 Å². The van der Waals surface area contributed by atoms with Crippen LogP contribution in [-0.4, -0.2) is 30.4 Å². The normalized spacial score (nSPS) is 23.9. The lowest BCUT2D eigenvalue weighted by atomic mass is 9.95. The van der Waals surface area contributed by atoms with Gasteiger partial charge in [0.25, 0.3) is 5.91 Å². The number of carbonyl (C=O) groups is 2. The molecular weight excluding hydrogens is 290 g/mol. The number of anilines is 2. The van der Waals surface area contributed by atoms with Crippen molar-refractivity contribution in [3.63, 3.8) is 0 Å². The molecule has 122 valence electrons. The molecule has 2 aliphatic heterocycles. The molecule has 2 fully saturated rings. The van der Waals surface area contributed by atoms with Gasteiger partial charge in [-0.25, -0.2) is 0 Å². The number of benzene rings is 1. The molecule has 2 N–H and O–H groups in total. The van der Waals surface area contributed by atoms with Crippen molar-refractivity contribution in [1.82, 2.24) is 5.32 Å². The minimum absolute atomic E-state index is 0.0301. The van der Waals surface area contributed by atoms with E-state index in [2.05, 4.69) is 15.5 Å². The number of amides is 2. The number of hydrogen-bond donors (Lipinski definition) is 2. The predicted molar refractivity (Wildman–Crippen MR) is 89.8 cm³/mol. The van der Waals surface area contributed by atoms with Crippen LogP contribution in [0.1, 0.15) is 55.3 Å². The molecule has 1 aromatic rings. The molecule has 2 amide bonds. The number of rotatable bonds is 2. The minimum atomic E-state index is -0.0376. The van der Waals surface area contributed by atoms with Gasteiger partial charge < -0.3 is 15.5 Å². The predicted octanol–water partition coefficient (Wildman–Crippen LogP) is 2.67. The summed E-state index contributed by atoms with van der Waals surface area (Å²) in [5, 5.41) is 6.10. The van der Waals surface area contributed by atoms with Gasteiger partial charge in [-0.3, -0.25) is 9.59 Å². The van der Waals surface area contributed by atoms with Gasteiger partial charge in [0.05, 0.1) is 11.4 Å². The van der Waals surface area contributed by atoms with Crippen molar-refractivity contribution >= 4 is 23.2 Å². The molecule has 4 rings (SSSR count). The molecule has 0 aromatic heterocycles. The molecular formula is C18H23N3O2. The fourth-order valence-electron chi connectivity index (χ4n) is 4.09. The summed E-state index contributed by atoms with van der Waals surface area (Å²) >= 11 is 0. The SMILES string of the molecule is O=C(NC1CCCCC1)c1ccc2c(c1)NC(=O)[C@H]1CCCN21. The highest BCUT2D eigenvalue weighted by Crippen LogP contribution is 2.37. The summed E-state index contributed by atoms with van der Waals surface area (Å²) in [6.45, 7) is 0.915. The van der Waals surface area contributed by atoms with Crippen molar-refractivity contribution in [3.8, 4) is 0 Å².